The molecule has 2 unspecified atom stereocenters. The average Bonchev–Trinajstić information content (AvgIpc) is 3.53. The molecule has 0 amide bonds. The zero-order valence-corrected chi connectivity index (χ0v) is 49.0. The maximum atomic E-state index is 13.4. The molecule has 0 fully saturated rings. The molecule has 0 saturated carbocycles. The van der Waals surface area contributed by atoms with Crippen LogP contribution in [0.2, 0.25) is 0 Å². The van der Waals surface area contributed by atoms with Crippen molar-refractivity contribution in [2.75, 3.05) is 66.1 Å². The van der Waals surface area contributed by atoms with Crippen molar-refractivity contribution in [2.24, 2.45) is 17.8 Å². The first-order valence-electron chi connectivity index (χ1n) is 27.5. The lowest BCUT2D eigenvalue weighted by Crippen LogP contribution is -2.37. The van der Waals surface area contributed by atoms with Crippen LogP contribution in [0.4, 0.5) is 24.0 Å². The summed E-state index contributed by atoms with van der Waals surface area (Å²) < 4.78 is 53.7. The van der Waals surface area contributed by atoms with Gasteiger partial charge in [-0.15, -0.1) is 0 Å². The molecule has 2 atom stereocenters. The average molecular weight is 1260 g/mol. The molecule has 5 aromatic carbocycles. The van der Waals surface area contributed by atoms with Crippen molar-refractivity contribution in [1.82, 2.24) is 0 Å². The lowest BCUT2D eigenvalue weighted by Gasteiger charge is -2.32. The molecule has 0 radical (unpaired) electrons. The van der Waals surface area contributed by atoms with Crippen LogP contribution in [0.1, 0.15) is 99.3 Å². The third-order valence-corrected chi connectivity index (χ3v) is 11.8. The van der Waals surface area contributed by atoms with Crippen LogP contribution in [0.15, 0.2) is 121 Å². The second-order valence-corrected chi connectivity index (χ2v) is 17.6. The van der Waals surface area contributed by atoms with Gasteiger partial charge in [-0.1, -0.05) is 60.7 Å². The molecule has 482 valence electrons. The van der Waals surface area contributed by atoms with Gasteiger partial charge in [-0.05, 0) is 108 Å². The van der Waals surface area contributed by atoms with Crippen molar-refractivity contribution in [3.8, 4) is 28.7 Å². The smallest absolute Gasteiger partial charge is 0.493 e. The first-order chi connectivity index (χ1) is 43.6. The van der Waals surface area contributed by atoms with Gasteiger partial charge in [0.25, 0.3) is 0 Å². The lowest BCUT2D eigenvalue weighted by atomic mass is 9.79. The number of carbonyl (C=O) groups excluding carboxylic acids is 10. The van der Waals surface area contributed by atoms with Crippen LogP contribution in [0, 0.1) is 17.8 Å². The van der Waals surface area contributed by atoms with E-state index in [1.165, 1.54) is 91.0 Å². The molecule has 0 heterocycles. The van der Waals surface area contributed by atoms with Gasteiger partial charge in [-0.2, -0.15) is 24.0 Å². The minimum absolute atomic E-state index is 0.0623. The van der Waals surface area contributed by atoms with Gasteiger partial charge in [0.15, 0.2) is 0 Å². The number of benzene rings is 5. The van der Waals surface area contributed by atoms with E-state index in [1.807, 2.05) is 0 Å². The quantitative estimate of drug-likeness (QED) is 0.0186. The Labute approximate surface area is 512 Å². The van der Waals surface area contributed by atoms with E-state index in [-0.39, 0.29) is 89.6 Å². The Bertz CT molecular complexity index is 3030. The monoisotopic (exact) mass is 1260 g/mol. The molecule has 30 nitrogen and oxygen atoms in total. The normalized spacial score (nSPS) is 11.3. The molecule has 0 aliphatic rings. The summed E-state index contributed by atoms with van der Waals surface area (Å²) in [6.45, 7) is 4.80. The Kier molecular flexibility index (Phi) is 29.4. The van der Waals surface area contributed by atoms with Crippen LogP contribution in [0.5, 0.6) is 28.7 Å². The van der Waals surface area contributed by atoms with Crippen LogP contribution in [-0.4, -0.2) is 127 Å². The fourth-order valence-electron chi connectivity index (χ4n) is 7.89. The standard InChI is InChI=1S/C60H62O30/c1-6-71-46-26-16-11-21-40(46)51(61)81-86-56(66)76-33-31-38(35-78-58(68)88-83-53(63)42-23-13-18-28-48(42)73-8-3)45(37-80-60(70)90-85-55(65)44-25-15-20-30-50(44)75-10-5)39(36-79-59(69)89-84-54(64)43-24-14-19-29-49(43)74-9-4)32-34-77-57(67)87-82-52(62)41-22-12-17-27-47(41)72-7-2/h11-30,38-39,45H,6-10,31-37H2,1-5H3. The zero-order chi connectivity index (χ0) is 65.0. The van der Waals surface area contributed by atoms with Crippen molar-refractivity contribution >= 4 is 60.6 Å². The van der Waals surface area contributed by atoms with Crippen molar-refractivity contribution < 1.29 is 144 Å². The van der Waals surface area contributed by atoms with Gasteiger partial charge >= 0.3 is 60.6 Å². The fourth-order valence-corrected chi connectivity index (χ4v) is 7.89. The lowest BCUT2D eigenvalue weighted by molar-refractivity contribution is -0.210. The topological polar surface area (TPSA) is 355 Å². The molecular formula is C60H62O30. The van der Waals surface area contributed by atoms with Crippen LogP contribution < -0.4 is 23.7 Å². The molecule has 0 bridgehead atoms. The highest BCUT2D eigenvalue weighted by Gasteiger charge is 2.36. The second-order valence-electron chi connectivity index (χ2n) is 17.6. The Morgan fingerprint density at radius 2 is 0.489 bits per heavy atom. The summed E-state index contributed by atoms with van der Waals surface area (Å²) in [5, 5.41) is 0. The van der Waals surface area contributed by atoms with E-state index >= 15 is 0 Å². The number of hydrogen-bond acceptors (Lipinski definition) is 30. The largest absolute Gasteiger partial charge is 0.549 e. The third kappa shape index (κ3) is 22.9. The molecular weight excluding hydrogens is 1200 g/mol. The van der Waals surface area contributed by atoms with Gasteiger partial charge in [-0.25, -0.2) is 72.8 Å². The highest BCUT2D eigenvalue weighted by molar-refractivity contribution is 5.94. The molecule has 0 aliphatic carbocycles. The van der Waals surface area contributed by atoms with E-state index in [2.05, 4.69) is 34.2 Å². The van der Waals surface area contributed by atoms with Gasteiger partial charge < -0.3 is 47.4 Å². The maximum absolute atomic E-state index is 13.4. The van der Waals surface area contributed by atoms with Gasteiger partial charge in [0.05, 0.1) is 66.1 Å². The summed E-state index contributed by atoms with van der Waals surface area (Å²) >= 11 is 0. The van der Waals surface area contributed by atoms with Crippen LogP contribution in [-0.2, 0) is 72.6 Å². The zero-order valence-electron chi connectivity index (χ0n) is 49.0. The second kappa shape index (κ2) is 38.1. The Hall–Kier alpha value is -11.2. The maximum Gasteiger partial charge on any atom is 0.549 e. The summed E-state index contributed by atoms with van der Waals surface area (Å²) in [6, 6.07) is 29.0. The highest BCUT2D eigenvalue weighted by atomic mass is 17.3. The van der Waals surface area contributed by atoms with Gasteiger partial charge in [0.2, 0.25) is 0 Å². The first-order valence-corrected chi connectivity index (χ1v) is 27.5. The minimum Gasteiger partial charge on any atom is -0.493 e. The number of rotatable bonds is 29. The molecule has 5 rings (SSSR count). The van der Waals surface area contributed by atoms with Crippen molar-refractivity contribution in [3.05, 3.63) is 149 Å². The number of hydrogen-bond donors (Lipinski definition) is 0. The van der Waals surface area contributed by atoms with Crippen LogP contribution >= 0.6 is 0 Å². The number of carbonyl (C=O) groups is 10. The Balaban J connectivity index is 1.45. The summed E-state index contributed by atoms with van der Waals surface area (Å²) in [7, 11) is 0. The van der Waals surface area contributed by atoms with Crippen molar-refractivity contribution in [3.63, 3.8) is 0 Å². The SMILES string of the molecule is CCOc1ccccc1C(=O)OOC(=O)OCCC(COC(=O)OOC(=O)c1ccccc1OCC)C(COC(=O)OOC(=O)c1ccccc1OCC)C(CCOC(=O)OOC(=O)c1ccccc1OCC)COC(=O)OOC(=O)c1ccccc1OCC. The summed E-state index contributed by atoms with van der Waals surface area (Å²) in [6.07, 6.45) is -9.25. The Morgan fingerprint density at radius 3 is 0.722 bits per heavy atom. The third-order valence-electron chi connectivity index (χ3n) is 11.8. The van der Waals surface area contributed by atoms with E-state index in [4.69, 9.17) is 62.0 Å². The van der Waals surface area contributed by atoms with Gasteiger partial charge in [-0.3, -0.25) is 0 Å². The molecule has 0 N–H and O–H groups in total. The minimum atomic E-state index is -1.70. The molecule has 5 aromatic rings. The van der Waals surface area contributed by atoms with E-state index in [0.717, 1.165) is 0 Å². The fraction of sp³-hybridized carbons (Fsp3) is 0.333. The molecule has 0 aromatic heterocycles. The van der Waals surface area contributed by atoms with E-state index in [0.29, 0.717) is 0 Å². The van der Waals surface area contributed by atoms with Gasteiger partial charge in [0, 0.05) is 17.8 Å². The number of ether oxygens (including phenoxy) is 10. The Morgan fingerprint density at radius 1 is 0.278 bits per heavy atom. The molecule has 90 heavy (non-hydrogen) atoms. The van der Waals surface area contributed by atoms with Crippen LogP contribution in [0.3, 0.4) is 0 Å². The molecule has 30 heteroatoms. The van der Waals surface area contributed by atoms with Gasteiger partial charge in [0.1, 0.15) is 56.6 Å². The van der Waals surface area contributed by atoms with E-state index in [9.17, 15) is 47.9 Å². The van der Waals surface area contributed by atoms with E-state index < -0.39 is 124 Å². The van der Waals surface area contributed by atoms with Crippen LogP contribution in [0.25, 0.3) is 0 Å². The summed E-state index contributed by atoms with van der Waals surface area (Å²) in [5.41, 5.74) is -0.742. The molecule has 0 aliphatic heterocycles. The highest BCUT2D eigenvalue weighted by Crippen LogP contribution is 2.31. The van der Waals surface area contributed by atoms with E-state index in [1.54, 1.807) is 65.0 Å². The summed E-state index contributed by atoms with van der Waals surface area (Å²) in [5.74, 6) is -9.80. The molecule has 0 spiro atoms. The predicted molar refractivity (Wildman–Crippen MR) is 297 cm³/mol. The summed E-state index contributed by atoms with van der Waals surface area (Å²) in [4.78, 5) is 178. The predicted octanol–water partition coefficient (Wildman–Crippen LogP) is 10.2. The van der Waals surface area contributed by atoms with Crippen molar-refractivity contribution in [2.45, 2.75) is 47.5 Å². The molecule has 0 saturated heterocycles. The first kappa shape index (κ1) is 69.6. The van der Waals surface area contributed by atoms with Crippen molar-refractivity contribution in [1.29, 1.82) is 0 Å². The number of para-hydroxylation sites is 5.